The summed E-state index contributed by atoms with van der Waals surface area (Å²) in [4.78, 5) is 27.0. The van der Waals surface area contributed by atoms with Gasteiger partial charge in [-0.25, -0.2) is 0 Å². The smallest absolute Gasteiger partial charge is 0.254 e. The first-order valence-corrected chi connectivity index (χ1v) is 10.1. The van der Waals surface area contributed by atoms with Gasteiger partial charge in [-0.2, -0.15) is 0 Å². The number of carbonyl (C=O) groups is 2. The zero-order valence-corrected chi connectivity index (χ0v) is 16.9. The second kappa shape index (κ2) is 10.1. The van der Waals surface area contributed by atoms with E-state index in [4.69, 9.17) is 10.5 Å². The van der Waals surface area contributed by atoms with E-state index >= 15 is 0 Å². The Balaban J connectivity index is 1.61. The lowest BCUT2D eigenvalue weighted by Gasteiger charge is -2.32. The van der Waals surface area contributed by atoms with Crippen molar-refractivity contribution in [1.82, 2.24) is 10.2 Å². The molecule has 0 saturated carbocycles. The molecule has 1 heterocycles. The first-order chi connectivity index (χ1) is 14.1. The molecule has 0 bridgehead atoms. The van der Waals surface area contributed by atoms with Gasteiger partial charge in [0.15, 0.2) is 0 Å². The molecule has 2 aromatic rings. The van der Waals surface area contributed by atoms with Crippen LogP contribution in [0.2, 0.25) is 0 Å². The van der Waals surface area contributed by atoms with Gasteiger partial charge in [-0.3, -0.25) is 9.59 Å². The fraction of sp³-hybridized carbons (Fsp3) is 0.391. The largest absolute Gasteiger partial charge is 0.489 e. The molecule has 29 heavy (non-hydrogen) atoms. The molecule has 1 fully saturated rings. The molecular formula is C23H29N3O3. The molecule has 3 N–H and O–H groups in total. The Morgan fingerprint density at radius 2 is 2.03 bits per heavy atom. The number of carbonyl (C=O) groups excluding carboxylic acids is 2. The van der Waals surface area contributed by atoms with E-state index in [0.717, 1.165) is 18.4 Å². The highest BCUT2D eigenvalue weighted by Gasteiger charge is 2.28. The lowest BCUT2D eigenvalue weighted by molar-refractivity contribution is -0.126. The van der Waals surface area contributed by atoms with Gasteiger partial charge in [0.2, 0.25) is 5.91 Å². The van der Waals surface area contributed by atoms with E-state index in [1.165, 1.54) is 5.56 Å². The highest BCUT2D eigenvalue weighted by atomic mass is 16.5. The molecule has 1 unspecified atom stereocenters. The van der Waals surface area contributed by atoms with Crippen LogP contribution in [0.1, 0.15) is 34.3 Å². The zero-order valence-electron chi connectivity index (χ0n) is 16.9. The Morgan fingerprint density at radius 1 is 1.21 bits per heavy atom. The standard InChI is InChI=1S/C23H29N3O3/c1-17-5-2-6-18(13-17)16-29-21-9-3-7-19(14-21)23(28)26-12-4-8-20(15-26)22(27)25-11-10-24/h2-3,5-7,9,13-14,20H,4,8,10-12,15-16,24H2,1H3,(H,25,27). The van der Waals surface area contributed by atoms with E-state index in [2.05, 4.69) is 11.4 Å². The van der Waals surface area contributed by atoms with Gasteiger partial charge < -0.3 is 20.7 Å². The Hall–Kier alpha value is -2.86. The molecule has 1 atom stereocenters. The Bertz CT molecular complexity index is 853. The quantitative estimate of drug-likeness (QED) is 0.754. The van der Waals surface area contributed by atoms with Crippen LogP contribution in [-0.4, -0.2) is 42.9 Å². The van der Waals surface area contributed by atoms with Crippen molar-refractivity contribution in [3.63, 3.8) is 0 Å². The van der Waals surface area contributed by atoms with Crippen LogP contribution in [0.25, 0.3) is 0 Å². The molecule has 6 nitrogen and oxygen atoms in total. The zero-order chi connectivity index (χ0) is 20.6. The third-order valence-corrected chi connectivity index (χ3v) is 5.09. The Morgan fingerprint density at radius 3 is 2.83 bits per heavy atom. The minimum Gasteiger partial charge on any atom is -0.489 e. The fourth-order valence-electron chi connectivity index (χ4n) is 3.59. The van der Waals surface area contributed by atoms with Gasteiger partial charge in [-0.05, 0) is 43.5 Å². The number of likely N-dealkylation sites (tertiary alicyclic amines) is 1. The van der Waals surface area contributed by atoms with Gasteiger partial charge in [0, 0.05) is 31.7 Å². The molecular weight excluding hydrogens is 366 g/mol. The highest BCUT2D eigenvalue weighted by Crippen LogP contribution is 2.21. The summed E-state index contributed by atoms with van der Waals surface area (Å²) in [5, 5.41) is 2.82. The molecule has 0 radical (unpaired) electrons. The van der Waals surface area contributed by atoms with Crippen molar-refractivity contribution in [2.24, 2.45) is 11.7 Å². The molecule has 1 aliphatic rings. The first kappa shape index (κ1) is 20.9. The van der Waals surface area contributed by atoms with E-state index in [-0.39, 0.29) is 17.7 Å². The summed E-state index contributed by atoms with van der Waals surface area (Å²) < 4.78 is 5.88. The van der Waals surface area contributed by atoms with Crippen molar-refractivity contribution >= 4 is 11.8 Å². The molecule has 1 aliphatic heterocycles. The second-order valence-electron chi connectivity index (χ2n) is 7.48. The molecule has 2 amide bonds. The van der Waals surface area contributed by atoms with E-state index in [9.17, 15) is 9.59 Å². The maximum absolute atomic E-state index is 13.0. The number of nitrogens with zero attached hydrogens (tertiary/aromatic N) is 1. The SMILES string of the molecule is Cc1cccc(COc2cccc(C(=O)N3CCCC(C(=O)NCCN)C3)c2)c1. The third kappa shape index (κ3) is 5.81. The lowest BCUT2D eigenvalue weighted by Crippen LogP contribution is -2.46. The lowest BCUT2D eigenvalue weighted by atomic mass is 9.96. The van der Waals surface area contributed by atoms with Gasteiger partial charge in [0.25, 0.3) is 5.91 Å². The van der Waals surface area contributed by atoms with Gasteiger partial charge in [0.05, 0.1) is 5.92 Å². The summed E-state index contributed by atoms with van der Waals surface area (Å²) in [5.41, 5.74) is 8.30. The summed E-state index contributed by atoms with van der Waals surface area (Å²) >= 11 is 0. The van der Waals surface area contributed by atoms with Gasteiger partial charge in [0.1, 0.15) is 12.4 Å². The van der Waals surface area contributed by atoms with Crippen LogP contribution >= 0.6 is 0 Å². The number of hydrogen-bond acceptors (Lipinski definition) is 4. The molecule has 2 aromatic carbocycles. The molecule has 3 rings (SSSR count). The van der Waals surface area contributed by atoms with Gasteiger partial charge in [-0.15, -0.1) is 0 Å². The summed E-state index contributed by atoms with van der Waals surface area (Å²) in [6.45, 7) is 4.47. The topological polar surface area (TPSA) is 84.7 Å². The van der Waals surface area contributed by atoms with Crippen LogP contribution in [0.4, 0.5) is 0 Å². The van der Waals surface area contributed by atoms with Gasteiger partial charge in [-0.1, -0.05) is 35.9 Å². The monoisotopic (exact) mass is 395 g/mol. The summed E-state index contributed by atoms with van der Waals surface area (Å²) in [7, 11) is 0. The van der Waals surface area contributed by atoms with Crippen LogP contribution in [0.15, 0.2) is 48.5 Å². The van der Waals surface area contributed by atoms with Crippen molar-refractivity contribution in [2.45, 2.75) is 26.4 Å². The minimum absolute atomic E-state index is 0.0248. The highest BCUT2D eigenvalue weighted by molar-refractivity contribution is 5.95. The number of aryl methyl sites for hydroxylation is 1. The van der Waals surface area contributed by atoms with Crippen molar-refractivity contribution in [3.8, 4) is 5.75 Å². The maximum Gasteiger partial charge on any atom is 0.254 e. The van der Waals surface area contributed by atoms with E-state index in [1.54, 1.807) is 17.0 Å². The molecule has 0 aliphatic carbocycles. The van der Waals surface area contributed by atoms with Gasteiger partial charge >= 0.3 is 0 Å². The predicted octanol–water partition coefficient (Wildman–Crippen LogP) is 2.50. The van der Waals surface area contributed by atoms with Crippen molar-refractivity contribution in [2.75, 3.05) is 26.2 Å². The maximum atomic E-state index is 13.0. The van der Waals surface area contributed by atoms with Crippen LogP contribution in [0.3, 0.4) is 0 Å². The Kier molecular flexibility index (Phi) is 7.25. The number of rotatable bonds is 7. The summed E-state index contributed by atoms with van der Waals surface area (Å²) in [5.74, 6) is 0.386. The number of ether oxygens (including phenoxy) is 1. The summed E-state index contributed by atoms with van der Waals surface area (Å²) in [6, 6.07) is 15.4. The number of hydrogen-bond donors (Lipinski definition) is 2. The average Bonchev–Trinajstić information content (AvgIpc) is 2.76. The Labute approximate surface area is 172 Å². The number of amides is 2. The van der Waals surface area contributed by atoms with Crippen LogP contribution in [0, 0.1) is 12.8 Å². The average molecular weight is 396 g/mol. The fourth-order valence-corrected chi connectivity index (χ4v) is 3.59. The van der Waals surface area contributed by atoms with Crippen LogP contribution in [0.5, 0.6) is 5.75 Å². The molecule has 154 valence electrons. The van der Waals surface area contributed by atoms with E-state index in [1.807, 2.05) is 37.3 Å². The second-order valence-corrected chi connectivity index (χ2v) is 7.48. The van der Waals surface area contributed by atoms with Crippen LogP contribution in [-0.2, 0) is 11.4 Å². The number of benzene rings is 2. The van der Waals surface area contributed by atoms with Crippen LogP contribution < -0.4 is 15.8 Å². The summed E-state index contributed by atoms with van der Waals surface area (Å²) in [6.07, 6.45) is 1.61. The van der Waals surface area contributed by atoms with Crippen molar-refractivity contribution < 1.29 is 14.3 Å². The normalized spacial score (nSPS) is 16.3. The number of nitrogens with one attached hydrogen (secondary N) is 1. The van der Waals surface area contributed by atoms with E-state index in [0.29, 0.717) is 44.1 Å². The van der Waals surface area contributed by atoms with Crippen molar-refractivity contribution in [3.05, 3.63) is 65.2 Å². The molecule has 6 heteroatoms. The molecule has 0 spiro atoms. The molecule has 1 saturated heterocycles. The third-order valence-electron chi connectivity index (χ3n) is 5.09. The van der Waals surface area contributed by atoms with E-state index < -0.39 is 0 Å². The molecule has 0 aromatic heterocycles. The number of piperidine rings is 1. The first-order valence-electron chi connectivity index (χ1n) is 10.1. The number of nitrogens with two attached hydrogens (primary N) is 1. The predicted molar refractivity (Wildman–Crippen MR) is 113 cm³/mol. The van der Waals surface area contributed by atoms with Crippen molar-refractivity contribution in [1.29, 1.82) is 0 Å². The minimum atomic E-state index is -0.181.